The highest BCUT2D eigenvalue weighted by atomic mass is 16.5. The smallest absolute Gasteiger partial charge is 0.338 e. The molecule has 0 aliphatic rings. The molecule has 0 spiro atoms. The lowest BCUT2D eigenvalue weighted by atomic mass is 10.0. The molecule has 2 aromatic heterocycles. The van der Waals surface area contributed by atoms with Gasteiger partial charge in [-0.1, -0.05) is 6.07 Å². The van der Waals surface area contributed by atoms with Crippen LogP contribution in [0.4, 0.5) is 0 Å². The number of hydrogen-bond acceptors (Lipinski definition) is 5. The van der Waals surface area contributed by atoms with Crippen molar-refractivity contribution >= 4 is 5.97 Å². The molecular formula is C20H18N2O3. The van der Waals surface area contributed by atoms with E-state index in [0.717, 1.165) is 16.7 Å². The van der Waals surface area contributed by atoms with Gasteiger partial charge in [0.15, 0.2) is 0 Å². The maximum absolute atomic E-state index is 12.2. The minimum atomic E-state index is -0.354. The molecule has 0 amide bonds. The zero-order chi connectivity index (χ0) is 17.5. The van der Waals surface area contributed by atoms with Gasteiger partial charge in [0, 0.05) is 30.4 Å². The van der Waals surface area contributed by atoms with Gasteiger partial charge < -0.3 is 9.47 Å². The van der Waals surface area contributed by atoms with Crippen molar-refractivity contribution in [3.05, 3.63) is 78.4 Å². The Labute approximate surface area is 146 Å². The minimum Gasteiger partial charge on any atom is -0.489 e. The predicted octanol–water partition coefficient (Wildman–Crippen LogP) is 3.90. The van der Waals surface area contributed by atoms with Crippen LogP contribution < -0.4 is 4.74 Å². The molecule has 2 heterocycles. The van der Waals surface area contributed by atoms with E-state index in [9.17, 15) is 4.79 Å². The Balaban J connectivity index is 1.90. The number of benzene rings is 1. The van der Waals surface area contributed by atoms with Crippen LogP contribution in [0.3, 0.4) is 0 Å². The lowest BCUT2D eigenvalue weighted by Gasteiger charge is -2.12. The van der Waals surface area contributed by atoms with Crippen LogP contribution in [-0.2, 0) is 11.3 Å². The summed E-state index contributed by atoms with van der Waals surface area (Å²) in [6.45, 7) is 2.52. The normalized spacial score (nSPS) is 10.3. The fourth-order valence-corrected chi connectivity index (χ4v) is 2.42. The maximum Gasteiger partial charge on any atom is 0.338 e. The Bertz CT molecular complexity index is 836. The number of pyridine rings is 2. The van der Waals surface area contributed by atoms with Crippen LogP contribution >= 0.6 is 0 Å². The number of hydrogen-bond donors (Lipinski definition) is 0. The third-order valence-electron chi connectivity index (χ3n) is 3.61. The Morgan fingerprint density at radius 3 is 2.60 bits per heavy atom. The standard InChI is InChI=1S/C20H18N2O3/c1-2-24-20(23)18-6-5-17(25-14-15-4-3-9-22-13-15)12-19(18)16-7-10-21-11-8-16/h3-13H,2,14H2,1H3. The number of nitrogens with zero attached hydrogens (tertiary/aromatic N) is 2. The van der Waals surface area contributed by atoms with Crippen molar-refractivity contribution in [3.63, 3.8) is 0 Å². The van der Waals surface area contributed by atoms with Crippen LogP contribution in [0, 0.1) is 0 Å². The summed E-state index contributed by atoms with van der Waals surface area (Å²) in [4.78, 5) is 20.3. The van der Waals surface area contributed by atoms with Gasteiger partial charge in [-0.15, -0.1) is 0 Å². The molecule has 0 aliphatic heterocycles. The van der Waals surface area contributed by atoms with Crippen LogP contribution in [0.2, 0.25) is 0 Å². The van der Waals surface area contributed by atoms with Crippen LogP contribution in [0.25, 0.3) is 11.1 Å². The van der Waals surface area contributed by atoms with Gasteiger partial charge in [-0.3, -0.25) is 9.97 Å². The Morgan fingerprint density at radius 2 is 1.88 bits per heavy atom. The minimum absolute atomic E-state index is 0.327. The molecule has 126 valence electrons. The molecule has 0 saturated heterocycles. The van der Waals surface area contributed by atoms with E-state index in [2.05, 4.69) is 9.97 Å². The molecule has 0 bridgehead atoms. The third kappa shape index (κ3) is 4.20. The fraction of sp³-hybridized carbons (Fsp3) is 0.150. The summed E-state index contributed by atoms with van der Waals surface area (Å²) in [6, 6.07) is 12.9. The summed E-state index contributed by atoms with van der Waals surface area (Å²) in [5, 5.41) is 0. The number of esters is 1. The summed E-state index contributed by atoms with van der Waals surface area (Å²) in [6.07, 6.45) is 6.86. The van der Waals surface area contributed by atoms with Crippen LogP contribution in [0.15, 0.2) is 67.3 Å². The number of ether oxygens (including phenoxy) is 2. The average Bonchev–Trinajstić information content (AvgIpc) is 2.68. The molecule has 3 rings (SSSR count). The predicted molar refractivity (Wildman–Crippen MR) is 94.2 cm³/mol. The first kappa shape index (κ1) is 16.6. The van der Waals surface area contributed by atoms with Crippen molar-refractivity contribution in [3.8, 4) is 16.9 Å². The van der Waals surface area contributed by atoms with E-state index in [1.807, 2.05) is 30.3 Å². The van der Waals surface area contributed by atoms with Gasteiger partial charge in [0.25, 0.3) is 0 Å². The molecule has 3 aromatic rings. The fourth-order valence-electron chi connectivity index (χ4n) is 2.42. The number of aromatic nitrogens is 2. The first-order valence-corrected chi connectivity index (χ1v) is 8.01. The highest BCUT2D eigenvalue weighted by Gasteiger charge is 2.15. The molecule has 5 nitrogen and oxygen atoms in total. The summed E-state index contributed by atoms with van der Waals surface area (Å²) >= 11 is 0. The lowest BCUT2D eigenvalue weighted by Crippen LogP contribution is -2.07. The molecule has 0 unspecified atom stereocenters. The topological polar surface area (TPSA) is 61.3 Å². The second-order valence-electron chi connectivity index (χ2n) is 5.31. The van der Waals surface area contributed by atoms with Crippen LogP contribution in [0.5, 0.6) is 5.75 Å². The van der Waals surface area contributed by atoms with E-state index in [0.29, 0.717) is 24.5 Å². The Kier molecular flexibility index (Phi) is 5.36. The van der Waals surface area contributed by atoms with Crippen molar-refractivity contribution in [2.45, 2.75) is 13.5 Å². The summed E-state index contributed by atoms with van der Waals surface area (Å²) < 4.78 is 11.0. The number of carbonyl (C=O) groups excluding carboxylic acids is 1. The summed E-state index contributed by atoms with van der Waals surface area (Å²) in [5.41, 5.74) is 3.11. The van der Waals surface area contributed by atoms with E-state index in [-0.39, 0.29) is 5.97 Å². The largest absolute Gasteiger partial charge is 0.489 e. The highest BCUT2D eigenvalue weighted by molar-refractivity contribution is 5.97. The molecule has 25 heavy (non-hydrogen) atoms. The van der Waals surface area contributed by atoms with Crippen molar-refractivity contribution in [2.24, 2.45) is 0 Å². The average molecular weight is 334 g/mol. The van der Waals surface area contributed by atoms with Gasteiger partial charge in [0.2, 0.25) is 0 Å². The van der Waals surface area contributed by atoms with Gasteiger partial charge >= 0.3 is 5.97 Å². The van der Waals surface area contributed by atoms with E-state index in [4.69, 9.17) is 9.47 Å². The summed E-state index contributed by atoms with van der Waals surface area (Å²) in [7, 11) is 0. The third-order valence-corrected chi connectivity index (χ3v) is 3.61. The van der Waals surface area contributed by atoms with E-state index < -0.39 is 0 Å². The van der Waals surface area contributed by atoms with E-state index >= 15 is 0 Å². The molecule has 1 aromatic carbocycles. The molecule has 0 fully saturated rings. The van der Waals surface area contributed by atoms with Crippen molar-refractivity contribution in [2.75, 3.05) is 6.61 Å². The van der Waals surface area contributed by atoms with Crippen molar-refractivity contribution in [1.29, 1.82) is 0 Å². The first-order chi connectivity index (χ1) is 12.3. The van der Waals surface area contributed by atoms with Gasteiger partial charge in [-0.2, -0.15) is 0 Å². The van der Waals surface area contributed by atoms with Gasteiger partial charge in [0.1, 0.15) is 12.4 Å². The number of rotatable bonds is 6. The lowest BCUT2D eigenvalue weighted by molar-refractivity contribution is 0.0527. The molecule has 5 heteroatoms. The molecule has 0 N–H and O–H groups in total. The van der Waals surface area contributed by atoms with Crippen molar-refractivity contribution in [1.82, 2.24) is 9.97 Å². The summed E-state index contributed by atoms with van der Waals surface area (Å²) in [5.74, 6) is 0.317. The molecule has 0 radical (unpaired) electrons. The quantitative estimate of drug-likeness (QED) is 0.640. The highest BCUT2D eigenvalue weighted by Crippen LogP contribution is 2.29. The SMILES string of the molecule is CCOC(=O)c1ccc(OCc2cccnc2)cc1-c1ccncc1. The first-order valence-electron chi connectivity index (χ1n) is 8.01. The molecule has 0 aliphatic carbocycles. The van der Waals surface area contributed by atoms with Gasteiger partial charge in [-0.25, -0.2) is 4.79 Å². The van der Waals surface area contributed by atoms with Gasteiger partial charge in [-0.05, 0) is 54.4 Å². The van der Waals surface area contributed by atoms with E-state index in [1.165, 1.54) is 0 Å². The Hall–Kier alpha value is -3.21. The Morgan fingerprint density at radius 1 is 1.04 bits per heavy atom. The second-order valence-corrected chi connectivity index (χ2v) is 5.31. The monoisotopic (exact) mass is 334 g/mol. The van der Waals surface area contributed by atoms with Crippen molar-refractivity contribution < 1.29 is 14.3 Å². The molecule has 0 saturated carbocycles. The zero-order valence-electron chi connectivity index (χ0n) is 13.9. The second kappa shape index (κ2) is 8.06. The number of carbonyl (C=O) groups is 1. The van der Waals surface area contributed by atoms with E-state index in [1.54, 1.807) is 43.8 Å². The van der Waals surface area contributed by atoms with Crippen LogP contribution in [-0.4, -0.2) is 22.5 Å². The van der Waals surface area contributed by atoms with Gasteiger partial charge in [0.05, 0.1) is 12.2 Å². The zero-order valence-corrected chi connectivity index (χ0v) is 13.9. The van der Waals surface area contributed by atoms with Crippen LogP contribution in [0.1, 0.15) is 22.8 Å². The maximum atomic E-state index is 12.2. The molecular weight excluding hydrogens is 316 g/mol. The molecule has 0 atom stereocenters.